The van der Waals surface area contributed by atoms with Gasteiger partial charge in [-0.25, -0.2) is 4.98 Å². The first kappa shape index (κ1) is 18.4. The molecule has 0 aliphatic rings. The number of hydrogen-bond acceptors (Lipinski definition) is 3. The van der Waals surface area contributed by atoms with Crippen molar-refractivity contribution in [3.8, 4) is 11.3 Å². The molecule has 0 saturated heterocycles. The second-order valence-electron chi connectivity index (χ2n) is 7.14. The van der Waals surface area contributed by atoms with Gasteiger partial charge in [-0.2, -0.15) is 27.8 Å². The maximum atomic E-state index is 12.9. The number of benzene rings is 2. The van der Waals surface area contributed by atoms with E-state index in [0.29, 0.717) is 12.3 Å². The van der Waals surface area contributed by atoms with Crippen LogP contribution in [0.15, 0.2) is 67.1 Å². The third-order valence-corrected chi connectivity index (χ3v) is 5.08. The number of alkyl halides is 3. The van der Waals surface area contributed by atoms with E-state index < -0.39 is 11.7 Å². The summed E-state index contributed by atoms with van der Waals surface area (Å²) in [6.07, 6.45) is -0.876. The van der Waals surface area contributed by atoms with Crippen molar-refractivity contribution in [3.05, 3.63) is 83.9 Å². The Bertz CT molecular complexity index is 1360. The molecule has 0 aliphatic heterocycles. The number of nitrogens with zero attached hydrogens (tertiary/aromatic N) is 5. The fourth-order valence-corrected chi connectivity index (χ4v) is 3.70. The summed E-state index contributed by atoms with van der Waals surface area (Å²) in [7, 11) is 0. The molecule has 150 valence electrons. The molecule has 0 unspecified atom stereocenters. The van der Waals surface area contributed by atoms with E-state index in [9.17, 15) is 13.2 Å². The minimum Gasteiger partial charge on any atom is -0.342 e. The van der Waals surface area contributed by atoms with Crippen LogP contribution in [0.5, 0.6) is 0 Å². The molecule has 0 amide bonds. The number of fused-ring (bicyclic) bond motifs is 2. The minimum atomic E-state index is -4.34. The maximum absolute atomic E-state index is 12.9. The Labute approximate surface area is 169 Å². The highest BCUT2D eigenvalue weighted by atomic mass is 19.4. The van der Waals surface area contributed by atoms with Gasteiger partial charge in [-0.1, -0.05) is 30.3 Å². The van der Waals surface area contributed by atoms with Gasteiger partial charge in [-0.3, -0.25) is 0 Å². The Morgan fingerprint density at radius 2 is 1.77 bits per heavy atom. The summed E-state index contributed by atoms with van der Waals surface area (Å²) in [6.45, 7) is 2.35. The first-order valence-electron chi connectivity index (χ1n) is 9.32. The topological polar surface area (TPSA) is 48.0 Å². The lowest BCUT2D eigenvalue weighted by molar-refractivity contribution is -0.137. The number of hydrogen-bond donors (Lipinski definition) is 0. The molecule has 3 aromatic heterocycles. The van der Waals surface area contributed by atoms with Gasteiger partial charge in [0.15, 0.2) is 0 Å². The Kier molecular flexibility index (Phi) is 4.09. The normalized spacial score (nSPS) is 12.1. The van der Waals surface area contributed by atoms with Gasteiger partial charge in [0.25, 0.3) is 5.78 Å². The molecule has 0 spiro atoms. The van der Waals surface area contributed by atoms with Gasteiger partial charge in [-0.05, 0) is 36.8 Å². The number of halogens is 3. The predicted octanol–water partition coefficient (Wildman–Crippen LogP) is 5.12. The van der Waals surface area contributed by atoms with Gasteiger partial charge in [0.2, 0.25) is 0 Å². The predicted molar refractivity (Wildman–Crippen MR) is 107 cm³/mol. The summed E-state index contributed by atoms with van der Waals surface area (Å²) in [5.41, 5.74) is 3.76. The van der Waals surface area contributed by atoms with Gasteiger partial charge in [0, 0.05) is 34.9 Å². The van der Waals surface area contributed by atoms with E-state index in [-0.39, 0.29) is 0 Å². The molecular formula is C22H16F3N5. The van der Waals surface area contributed by atoms with E-state index in [0.717, 1.165) is 45.6 Å². The van der Waals surface area contributed by atoms with E-state index in [2.05, 4.69) is 15.1 Å². The van der Waals surface area contributed by atoms with Crippen molar-refractivity contribution in [2.75, 3.05) is 0 Å². The van der Waals surface area contributed by atoms with Crippen LogP contribution < -0.4 is 0 Å². The lowest BCUT2D eigenvalue weighted by Gasteiger charge is -2.09. The summed E-state index contributed by atoms with van der Waals surface area (Å²) < 4.78 is 42.3. The molecule has 0 fully saturated rings. The summed E-state index contributed by atoms with van der Waals surface area (Å²) in [6, 6.07) is 15.1. The van der Waals surface area contributed by atoms with E-state index in [1.165, 1.54) is 18.5 Å². The smallest absolute Gasteiger partial charge is 0.342 e. The second-order valence-corrected chi connectivity index (χ2v) is 7.14. The molecule has 2 aromatic carbocycles. The van der Waals surface area contributed by atoms with Gasteiger partial charge < -0.3 is 4.57 Å². The molecule has 0 aliphatic carbocycles. The largest absolute Gasteiger partial charge is 0.416 e. The van der Waals surface area contributed by atoms with Gasteiger partial charge in [-0.15, -0.1) is 0 Å². The van der Waals surface area contributed by atoms with Crippen molar-refractivity contribution in [1.82, 2.24) is 24.1 Å². The van der Waals surface area contributed by atoms with Crippen LogP contribution in [0.25, 0.3) is 27.9 Å². The molecule has 0 N–H and O–H groups in total. The van der Waals surface area contributed by atoms with E-state index >= 15 is 0 Å². The fraction of sp³-hybridized carbons (Fsp3) is 0.136. The summed E-state index contributed by atoms with van der Waals surface area (Å²) in [5.74, 6) is 0.518. The third-order valence-electron chi connectivity index (χ3n) is 5.08. The van der Waals surface area contributed by atoms with Crippen molar-refractivity contribution >= 4 is 16.7 Å². The van der Waals surface area contributed by atoms with Gasteiger partial charge in [0.1, 0.15) is 6.33 Å². The van der Waals surface area contributed by atoms with Crippen molar-refractivity contribution in [3.63, 3.8) is 0 Å². The number of para-hydroxylation sites is 1. The highest BCUT2D eigenvalue weighted by Gasteiger charge is 2.29. The van der Waals surface area contributed by atoms with Gasteiger partial charge in [0.05, 0.1) is 11.3 Å². The van der Waals surface area contributed by atoms with E-state index in [1.54, 1.807) is 4.52 Å². The highest BCUT2D eigenvalue weighted by Crippen LogP contribution is 2.32. The summed E-state index contributed by atoms with van der Waals surface area (Å²) >= 11 is 0. The van der Waals surface area contributed by atoms with Crippen LogP contribution in [-0.2, 0) is 12.7 Å². The van der Waals surface area contributed by atoms with Crippen molar-refractivity contribution in [1.29, 1.82) is 0 Å². The Hall–Kier alpha value is -3.68. The zero-order valence-corrected chi connectivity index (χ0v) is 15.9. The number of rotatable bonds is 3. The third kappa shape index (κ3) is 3.10. The fourth-order valence-electron chi connectivity index (χ4n) is 3.70. The van der Waals surface area contributed by atoms with Crippen LogP contribution >= 0.6 is 0 Å². The standard InChI is InChI=1S/C22H16F3N5/c1-14-10-20(30-21(28-14)26-13-27-30)18-12-29(19-5-3-2-4-17(18)19)11-15-6-8-16(9-7-15)22(23,24)25/h2-10,12-13H,11H2,1H3. The average molecular weight is 407 g/mol. The van der Waals surface area contributed by atoms with Crippen LogP contribution in [0.1, 0.15) is 16.8 Å². The Balaban J connectivity index is 1.62. The molecule has 3 heterocycles. The molecule has 0 bridgehead atoms. The second kappa shape index (κ2) is 6.69. The molecule has 8 heteroatoms. The van der Waals surface area contributed by atoms with E-state index in [4.69, 9.17) is 0 Å². The Morgan fingerprint density at radius 3 is 2.53 bits per heavy atom. The lowest BCUT2D eigenvalue weighted by atomic mass is 10.1. The van der Waals surface area contributed by atoms with E-state index in [1.807, 2.05) is 48.0 Å². The summed E-state index contributed by atoms with van der Waals surface area (Å²) in [5, 5.41) is 5.32. The average Bonchev–Trinajstić information content (AvgIpc) is 3.32. The zero-order valence-electron chi connectivity index (χ0n) is 15.9. The SMILES string of the molecule is Cc1cc(-c2cn(Cc3ccc(C(F)(F)F)cc3)c3ccccc23)n2ncnc2n1. The maximum Gasteiger partial charge on any atom is 0.416 e. The minimum absolute atomic E-state index is 0.448. The molecule has 5 aromatic rings. The van der Waals surface area contributed by atoms with Gasteiger partial charge >= 0.3 is 6.18 Å². The van der Waals surface area contributed by atoms with Crippen LogP contribution in [-0.4, -0.2) is 24.1 Å². The molecular weight excluding hydrogens is 391 g/mol. The molecule has 0 saturated carbocycles. The Morgan fingerprint density at radius 1 is 1.00 bits per heavy atom. The van der Waals surface area contributed by atoms with Crippen molar-refractivity contribution < 1.29 is 13.2 Å². The first-order valence-corrected chi connectivity index (χ1v) is 9.32. The molecule has 30 heavy (non-hydrogen) atoms. The lowest BCUT2D eigenvalue weighted by Crippen LogP contribution is -2.05. The molecule has 0 radical (unpaired) electrons. The summed E-state index contributed by atoms with van der Waals surface area (Å²) in [4.78, 5) is 8.59. The zero-order chi connectivity index (χ0) is 20.9. The van der Waals surface area contributed by atoms with Crippen LogP contribution in [0, 0.1) is 6.92 Å². The number of aryl methyl sites for hydroxylation is 1. The van der Waals surface area contributed by atoms with Crippen molar-refractivity contribution in [2.24, 2.45) is 0 Å². The monoisotopic (exact) mass is 407 g/mol. The van der Waals surface area contributed by atoms with Crippen LogP contribution in [0.3, 0.4) is 0 Å². The van der Waals surface area contributed by atoms with Crippen molar-refractivity contribution in [2.45, 2.75) is 19.6 Å². The molecule has 0 atom stereocenters. The molecule has 5 rings (SSSR count). The van der Waals surface area contributed by atoms with Crippen LogP contribution in [0.2, 0.25) is 0 Å². The highest BCUT2D eigenvalue weighted by molar-refractivity contribution is 5.95. The van der Waals surface area contributed by atoms with Crippen LogP contribution in [0.4, 0.5) is 13.2 Å². The first-order chi connectivity index (χ1) is 14.4. The number of aromatic nitrogens is 5. The quantitative estimate of drug-likeness (QED) is 0.417. The molecule has 5 nitrogen and oxygen atoms in total.